The highest BCUT2D eigenvalue weighted by Crippen LogP contribution is 2.15. The number of carbonyl (C=O) groups is 1. The van der Waals surface area contributed by atoms with Crippen LogP contribution < -0.4 is 0 Å². The lowest BCUT2D eigenvalue weighted by Crippen LogP contribution is -2.35. The van der Waals surface area contributed by atoms with Crippen LogP contribution in [0.2, 0.25) is 0 Å². The topological polar surface area (TPSA) is 53.0 Å². The van der Waals surface area contributed by atoms with Crippen molar-refractivity contribution in [2.45, 2.75) is 58.4 Å². The lowest BCUT2D eigenvalue weighted by molar-refractivity contribution is 0.0285. The van der Waals surface area contributed by atoms with E-state index < -0.39 is 5.60 Å². The fourth-order valence-corrected chi connectivity index (χ4v) is 2.76. The molecule has 1 amide bonds. The van der Waals surface area contributed by atoms with Gasteiger partial charge >= 0.3 is 6.09 Å². The number of nitrogens with zero attached hydrogens (tertiary/aromatic N) is 2. The molecule has 1 aliphatic heterocycles. The summed E-state index contributed by atoms with van der Waals surface area (Å²) in [6.07, 6.45) is 1.28. The molecule has 0 bridgehead atoms. The van der Waals surface area contributed by atoms with Gasteiger partial charge in [-0.15, -0.1) is 0 Å². The number of piperidine rings is 1. The minimum Gasteiger partial charge on any atom is -0.444 e. The molecule has 1 aromatic rings. The average molecular weight is 334 g/mol. The van der Waals surface area contributed by atoms with E-state index in [1.807, 2.05) is 20.8 Å². The van der Waals surface area contributed by atoms with Crippen LogP contribution in [0.25, 0.3) is 0 Å². The van der Waals surface area contributed by atoms with Crippen molar-refractivity contribution in [1.29, 1.82) is 0 Å². The zero-order chi connectivity index (χ0) is 17.7. The van der Waals surface area contributed by atoms with Crippen LogP contribution >= 0.6 is 0 Å². The zero-order valence-electron chi connectivity index (χ0n) is 15.3. The molecular weight excluding hydrogens is 304 g/mol. The number of amides is 1. The molecule has 0 atom stereocenters. The third-order valence-electron chi connectivity index (χ3n) is 4.11. The van der Waals surface area contributed by atoms with Crippen LogP contribution in [-0.4, -0.2) is 52.8 Å². The van der Waals surface area contributed by atoms with E-state index >= 15 is 0 Å². The molecule has 0 aromatic heterocycles. The van der Waals surface area contributed by atoms with E-state index in [0.29, 0.717) is 6.54 Å². The summed E-state index contributed by atoms with van der Waals surface area (Å²) in [4.78, 5) is 16.0. The number of hydrogen-bond acceptors (Lipinski definition) is 4. The first-order chi connectivity index (χ1) is 11.2. The Morgan fingerprint density at radius 2 is 1.75 bits per heavy atom. The second-order valence-corrected chi connectivity index (χ2v) is 7.66. The highest BCUT2D eigenvalue weighted by atomic mass is 16.6. The van der Waals surface area contributed by atoms with E-state index in [4.69, 9.17) is 4.74 Å². The molecule has 1 heterocycles. The van der Waals surface area contributed by atoms with E-state index in [2.05, 4.69) is 29.2 Å². The van der Waals surface area contributed by atoms with Crippen molar-refractivity contribution in [1.82, 2.24) is 9.80 Å². The monoisotopic (exact) mass is 334 g/mol. The van der Waals surface area contributed by atoms with E-state index in [9.17, 15) is 9.90 Å². The number of ether oxygens (including phenoxy) is 1. The maximum absolute atomic E-state index is 12.0. The van der Waals surface area contributed by atoms with Crippen LogP contribution in [-0.2, 0) is 17.8 Å². The first-order valence-corrected chi connectivity index (χ1v) is 8.65. The van der Waals surface area contributed by atoms with Crippen LogP contribution in [0.1, 0.15) is 44.7 Å². The largest absolute Gasteiger partial charge is 0.444 e. The summed E-state index contributed by atoms with van der Waals surface area (Å²) in [5, 5.41) is 9.56. The lowest BCUT2D eigenvalue weighted by atomic mass is 10.1. The maximum atomic E-state index is 12.0. The molecule has 1 saturated heterocycles. The Morgan fingerprint density at radius 1 is 1.21 bits per heavy atom. The first-order valence-electron chi connectivity index (χ1n) is 8.65. The van der Waals surface area contributed by atoms with Gasteiger partial charge < -0.3 is 14.7 Å². The summed E-state index contributed by atoms with van der Waals surface area (Å²) in [7, 11) is 1.75. The van der Waals surface area contributed by atoms with Crippen LogP contribution in [0.5, 0.6) is 0 Å². The Balaban J connectivity index is 1.84. The Hall–Kier alpha value is -1.59. The molecule has 134 valence electrons. The Bertz CT molecular complexity index is 529. The molecule has 1 N–H and O–H groups in total. The fraction of sp³-hybridized carbons (Fsp3) is 0.632. The quantitative estimate of drug-likeness (QED) is 0.920. The van der Waals surface area contributed by atoms with Gasteiger partial charge in [0.25, 0.3) is 0 Å². The molecule has 1 fully saturated rings. The number of likely N-dealkylation sites (tertiary alicyclic amines) is 1. The van der Waals surface area contributed by atoms with E-state index in [1.165, 1.54) is 5.56 Å². The second-order valence-electron chi connectivity index (χ2n) is 7.66. The minimum atomic E-state index is -0.475. The van der Waals surface area contributed by atoms with Gasteiger partial charge in [-0.2, -0.15) is 0 Å². The third kappa shape index (κ3) is 6.13. The molecule has 0 saturated carbocycles. The van der Waals surface area contributed by atoms with Crippen LogP contribution in [0, 0.1) is 0 Å². The van der Waals surface area contributed by atoms with Gasteiger partial charge in [-0.05, 0) is 44.7 Å². The smallest absolute Gasteiger partial charge is 0.410 e. The van der Waals surface area contributed by atoms with E-state index in [1.54, 1.807) is 11.9 Å². The predicted octanol–water partition coefficient (Wildman–Crippen LogP) is 3.01. The Labute approximate surface area is 145 Å². The number of aliphatic hydroxyl groups is 1. The number of aliphatic hydroxyl groups excluding tert-OH is 1. The van der Waals surface area contributed by atoms with Crippen molar-refractivity contribution in [3.63, 3.8) is 0 Å². The third-order valence-corrected chi connectivity index (χ3v) is 4.11. The standard InChI is InChI=1S/C19H30N2O3/c1-19(2,3)24-18(23)20(4)13-15-5-7-16(8-6-15)14-21-11-9-17(22)10-12-21/h5-8,17,22H,9-14H2,1-4H3. The first kappa shape index (κ1) is 18.7. The molecule has 0 aliphatic carbocycles. The van der Waals surface area contributed by atoms with Gasteiger partial charge in [0.1, 0.15) is 5.60 Å². The molecule has 0 unspecified atom stereocenters. The molecule has 0 radical (unpaired) electrons. The Morgan fingerprint density at radius 3 is 2.29 bits per heavy atom. The minimum absolute atomic E-state index is 0.132. The molecule has 5 heteroatoms. The lowest BCUT2D eigenvalue weighted by Gasteiger charge is -2.29. The summed E-state index contributed by atoms with van der Waals surface area (Å²) in [6.45, 7) is 8.95. The van der Waals surface area contributed by atoms with Crippen LogP contribution in [0.15, 0.2) is 24.3 Å². The van der Waals surface area contributed by atoms with Crippen LogP contribution in [0.4, 0.5) is 4.79 Å². The van der Waals surface area contributed by atoms with Gasteiger partial charge in [0.05, 0.1) is 6.10 Å². The summed E-state index contributed by atoms with van der Waals surface area (Å²) in [5.74, 6) is 0. The SMILES string of the molecule is CN(Cc1ccc(CN2CCC(O)CC2)cc1)C(=O)OC(C)(C)C. The normalized spacial score (nSPS) is 16.9. The molecule has 24 heavy (non-hydrogen) atoms. The van der Waals surface area contributed by atoms with E-state index in [-0.39, 0.29) is 12.2 Å². The Kier molecular flexibility index (Phi) is 6.24. The summed E-state index contributed by atoms with van der Waals surface area (Å²) in [5.41, 5.74) is 1.87. The van der Waals surface area contributed by atoms with E-state index in [0.717, 1.165) is 38.0 Å². The number of hydrogen-bond donors (Lipinski definition) is 1. The van der Waals surface area contributed by atoms with Crippen molar-refractivity contribution >= 4 is 6.09 Å². The highest BCUT2D eigenvalue weighted by Gasteiger charge is 2.20. The fourth-order valence-electron chi connectivity index (χ4n) is 2.76. The average Bonchev–Trinajstić information content (AvgIpc) is 2.50. The van der Waals surface area contributed by atoms with Crippen molar-refractivity contribution in [3.05, 3.63) is 35.4 Å². The highest BCUT2D eigenvalue weighted by molar-refractivity contribution is 5.67. The molecule has 2 rings (SSSR count). The van der Waals surface area contributed by atoms with Gasteiger partial charge in [-0.3, -0.25) is 4.90 Å². The number of rotatable bonds is 4. The molecule has 0 spiro atoms. The van der Waals surface area contributed by atoms with Crippen molar-refractivity contribution in [3.8, 4) is 0 Å². The molecule has 5 nitrogen and oxygen atoms in total. The molecular formula is C19H30N2O3. The summed E-state index contributed by atoms with van der Waals surface area (Å²) < 4.78 is 5.36. The zero-order valence-corrected chi connectivity index (χ0v) is 15.3. The van der Waals surface area contributed by atoms with Crippen molar-refractivity contribution in [2.75, 3.05) is 20.1 Å². The van der Waals surface area contributed by atoms with Crippen LogP contribution in [0.3, 0.4) is 0 Å². The second kappa shape index (κ2) is 7.99. The van der Waals surface area contributed by atoms with Crippen molar-refractivity contribution < 1.29 is 14.6 Å². The number of carbonyl (C=O) groups excluding carboxylic acids is 1. The molecule has 1 aliphatic rings. The summed E-state index contributed by atoms with van der Waals surface area (Å²) in [6, 6.07) is 8.36. The summed E-state index contributed by atoms with van der Waals surface area (Å²) >= 11 is 0. The van der Waals surface area contributed by atoms with Gasteiger partial charge in [-0.1, -0.05) is 24.3 Å². The molecule has 1 aromatic carbocycles. The number of benzene rings is 1. The predicted molar refractivity (Wildman–Crippen MR) is 94.7 cm³/mol. The van der Waals surface area contributed by atoms with Gasteiger partial charge in [0.15, 0.2) is 0 Å². The van der Waals surface area contributed by atoms with Gasteiger partial charge in [-0.25, -0.2) is 4.79 Å². The van der Waals surface area contributed by atoms with Crippen molar-refractivity contribution in [2.24, 2.45) is 0 Å². The van der Waals surface area contributed by atoms with Gasteiger partial charge in [0, 0.05) is 33.2 Å². The maximum Gasteiger partial charge on any atom is 0.410 e. The van der Waals surface area contributed by atoms with Gasteiger partial charge in [0.2, 0.25) is 0 Å².